The molecule has 0 radical (unpaired) electrons. The molecule has 22 heavy (non-hydrogen) atoms. The highest BCUT2D eigenvalue weighted by atomic mass is 32.2. The van der Waals surface area contributed by atoms with E-state index in [0.717, 1.165) is 25.3 Å². The lowest BCUT2D eigenvalue weighted by molar-refractivity contribution is -0.146. The summed E-state index contributed by atoms with van der Waals surface area (Å²) in [5.41, 5.74) is 1.19. The van der Waals surface area contributed by atoms with Gasteiger partial charge in [0.2, 0.25) is 0 Å². The minimum absolute atomic E-state index is 0.113. The summed E-state index contributed by atoms with van der Waals surface area (Å²) in [4.78, 5) is 14.4. The van der Waals surface area contributed by atoms with Crippen molar-refractivity contribution in [1.29, 1.82) is 0 Å². The number of carbonyl (C=O) groups is 1. The van der Waals surface area contributed by atoms with Crippen molar-refractivity contribution in [2.45, 2.75) is 23.1 Å². The van der Waals surface area contributed by atoms with E-state index < -0.39 is 0 Å². The summed E-state index contributed by atoms with van der Waals surface area (Å²) in [5.74, 6) is 3.09. The van der Waals surface area contributed by atoms with Gasteiger partial charge in [-0.3, -0.25) is 9.69 Å². The van der Waals surface area contributed by atoms with Crippen LogP contribution >= 0.6 is 23.5 Å². The van der Waals surface area contributed by atoms with E-state index in [1.807, 2.05) is 35.7 Å². The van der Waals surface area contributed by atoms with Gasteiger partial charge < -0.3 is 9.47 Å². The summed E-state index contributed by atoms with van der Waals surface area (Å²) in [6.45, 7) is 1.71. The molecule has 0 N–H and O–H groups in total. The molecule has 0 unspecified atom stereocenters. The maximum atomic E-state index is 12.2. The average Bonchev–Trinajstić information content (AvgIpc) is 3.15. The Bertz CT molecular complexity index is 529. The molecule has 0 aliphatic carbocycles. The van der Waals surface area contributed by atoms with Gasteiger partial charge in [0.25, 0.3) is 0 Å². The summed E-state index contributed by atoms with van der Waals surface area (Å²) in [5, 5.41) is 0. The van der Waals surface area contributed by atoms with Crippen LogP contribution in [0.5, 0.6) is 5.75 Å². The average molecular weight is 339 g/mol. The van der Waals surface area contributed by atoms with Crippen LogP contribution in [0.4, 0.5) is 0 Å². The first-order valence-electron chi connectivity index (χ1n) is 7.38. The molecule has 1 spiro atoms. The third-order valence-corrected chi connectivity index (χ3v) is 7.65. The molecular weight excluding hydrogens is 318 g/mol. The van der Waals surface area contributed by atoms with Crippen LogP contribution in [0.3, 0.4) is 0 Å². The van der Waals surface area contributed by atoms with Gasteiger partial charge in [-0.1, -0.05) is 12.1 Å². The Morgan fingerprint density at radius 1 is 1.27 bits per heavy atom. The summed E-state index contributed by atoms with van der Waals surface area (Å²) in [7, 11) is 3.15. The highest BCUT2D eigenvalue weighted by molar-refractivity contribution is 8.21. The van der Waals surface area contributed by atoms with Crippen molar-refractivity contribution in [2.75, 3.05) is 32.3 Å². The van der Waals surface area contributed by atoms with Crippen LogP contribution in [0.1, 0.15) is 12.0 Å². The highest BCUT2D eigenvalue weighted by Gasteiger charge is 2.49. The van der Waals surface area contributed by atoms with Crippen LogP contribution < -0.4 is 4.74 Å². The quantitative estimate of drug-likeness (QED) is 0.785. The van der Waals surface area contributed by atoms with Gasteiger partial charge in [0.1, 0.15) is 11.8 Å². The molecule has 1 atom stereocenters. The van der Waals surface area contributed by atoms with Crippen LogP contribution in [0.15, 0.2) is 24.3 Å². The second-order valence-electron chi connectivity index (χ2n) is 5.60. The minimum Gasteiger partial charge on any atom is -0.497 e. The van der Waals surface area contributed by atoms with Crippen LogP contribution in [-0.2, 0) is 16.1 Å². The van der Waals surface area contributed by atoms with E-state index in [1.54, 1.807) is 7.11 Å². The lowest BCUT2D eigenvalue weighted by atomic mass is 10.1. The fourth-order valence-electron chi connectivity index (χ4n) is 3.11. The molecule has 2 aliphatic rings. The normalized spacial score (nSPS) is 23.8. The van der Waals surface area contributed by atoms with Gasteiger partial charge in [-0.05, 0) is 24.1 Å². The number of hydrogen-bond acceptors (Lipinski definition) is 6. The van der Waals surface area contributed by atoms with Crippen molar-refractivity contribution >= 4 is 29.5 Å². The molecule has 0 amide bonds. The van der Waals surface area contributed by atoms with E-state index in [-0.39, 0.29) is 16.1 Å². The van der Waals surface area contributed by atoms with E-state index in [1.165, 1.54) is 24.2 Å². The third kappa shape index (κ3) is 3.24. The maximum Gasteiger partial charge on any atom is 0.323 e. The molecular formula is C16H21NO3S2. The van der Waals surface area contributed by atoms with Crippen LogP contribution in [0.25, 0.3) is 0 Å². The van der Waals surface area contributed by atoms with Crippen LogP contribution in [0, 0.1) is 0 Å². The first kappa shape index (κ1) is 16.0. The monoisotopic (exact) mass is 339 g/mol. The Balaban J connectivity index is 1.75. The van der Waals surface area contributed by atoms with Crippen molar-refractivity contribution in [1.82, 2.24) is 4.90 Å². The lowest BCUT2D eigenvalue weighted by Crippen LogP contribution is -2.36. The molecule has 3 rings (SSSR count). The Labute approximate surface area is 139 Å². The predicted octanol–water partition coefficient (Wildman–Crippen LogP) is 2.62. The zero-order valence-corrected chi connectivity index (χ0v) is 14.5. The molecule has 2 heterocycles. The molecule has 0 aromatic heterocycles. The number of esters is 1. The molecule has 1 aromatic rings. The van der Waals surface area contributed by atoms with Gasteiger partial charge in [-0.2, -0.15) is 0 Å². The molecule has 0 bridgehead atoms. The highest BCUT2D eigenvalue weighted by Crippen LogP contribution is 2.52. The number of methoxy groups -OCH3 is 2. The molecule has 120 valence electrons. The van der Waals surface area contributed by atoms with E-state index >= 15 is 0 Å². The number of carbonyl (C=O) groups excluding carboxylic acids is 1. The second-order valence-corrected chi connectivity index (χ2v) is 8.82. The fourth-order valence-corrected chi connectivity index (χ4v) is 6.42. The lowest BCUT2D eigenvalue weighted by Gasteiger charge is -2.23. The number of rotatable bonds is 4. The van der Waals surface area contributed by atoms with Gasteiger partial charge in [-0.15, -0.1) is 23.5 Å². The van der Waals surface area contributed by atoms with Gasteiger partial charge in [0.15, 0.2) is 0 Å². The molecule has 6 heteroatoms. The topological polar surface area (TPSA) is 38.8 Å². The number of benzene rings is 1. The van der Waals surface area contributed by atoms with Gasteiger partial charge in [-0.25, -0.2) is 0 Å². The Kier molecular flexibility index (Phi) is 4.90. The molecule has 1 aromatic carbocycles. The Hall–Kier alpha value is -0.850. The zero-order valence-electron chi connectivity index (χ0n) is 12.9. The number of thioether (sulfide) groups is 2. The van der Waals surface area contributed by atoms with Crippen LogP contribution in [-0.4, -0.2) is 53.3 Å². The molecule has 4 nitrogen and oxygen atoms in total. The smallest absolute Gasteiger partial charge is 0.323 e. The maximum absolute atomic E-state index is 12.2. The van der Waals surface area contributed by atoms with Gasteiger partial charge in [0.05, 0.1) is 18.3 Å². The molecule has 0 saturated carbocycles. The fraction of sp³-hybridized carbons (Fsp3) is 0.562. The Morgan fingerprint density at radius 2 is 1.95 bits per heavy atom. The van der Waals surface area contributed by atoms with Gasteiger partial charge >= 0.3 is 5.97 Å². The van der Waals surface area contributed by atoms with Crippen molar-refractivity contribution in [3.63, 3.8) is 0 Å². The minimum atomic E-state index is -0.134. The van der Waals surface area contributed by atoms with Gasteiger partial charge in [0, 0.05) is 24.6 Å². The summed E-state index contributed by atoms with van der Waals surface area (Å²) in [6.07, 6.45) is 0.880. The first-order valence-corrected chi connectivity index (χ1v) is 9.36. The number of likely N-dealkylation sites (tertiary alicyclic amines) is 1. The van der Waals surface area contributed by atoms with Crippen molar-refractivity contribution in [3.8, 4) is 5.75 Å². The summed E-state index contributed by atoms with van der Waals surface area (Å²) in [6, 6.07) is 7.92. The predicted molar refractivity (Wildman–Crippen MR) is 91.5 cm³/mol. The first-order chi connectivity index (χ1) is 10.7. The van der Waals surface area contributed by atoms with Crippen molar-refractivity contribution < 1.29 is 14.3 Å². The Morgan fingerprint density at radius 3 is 2.55 bits per heavy atom. The van der Waals surface area contributed by atoms with Crippen molar-refractivity contribution in [2.24, 2.45) is 0 Å². The van der Waals surface area contributed by atoms with Crippen molar-refractivity contribution in [3.05, 3.63) is 29.8 Å². The SMILES string of the molecule is COC(=O)[C@H]1CC2(CN1Cc1ccc(OC)cc1)SCCS2. The summed E-state index contributed by atoms with van der Waals surface area (Å²) >= 11 is 4.00. The summed E-state index contributed by atoms with van der Waals surface area (Å²) < 4.78 is 10.4. The van der Waals surface area contributed by atoms with E-state index in [2.05, 4.69) is 17.0 Å². The standard InChI is InChI=1S/C16H21NO3S2/c1-19-13-5-3-12(4-6-13)10-17-11-16(21-7-8-22-16)9-14(17)15(18)20-2/h3-6,14H,7-11H2,1-2H3/t14-/m1/s1. The van der Waals surface area contributed by atoms with Crippen LogP contribution in [0.2, 0.25) is 0 Å². The third-order valence-electron chi connectivity index (χ3n) is 4.22. The number of ether oxygens (including phenoxy) is 2. The number of hydrogen-bond donors (Lipinski definition) is 0. The zero-order chi connectivity index (χ0) is 15.6. The van der Waals surface area contributed by atoms with E-state index in [4.69, 9.17) is 9.47 Å². The largest absolute Gasteiger partial charge is 0.497 e. The molecule has 2 fully saturated rings. The van der Waals surface area contributed by atoms with E-state index in [0.29, 0.717) is 0 Å². The molecule has 2 saturated heterocycles. The number of nitrogens with zero attached hydrogens (tertiary/aromatic N) is 1. The second kappa shape index (κ2) is 6.72. The van der Waals surface area contributed by atoms with E-state index in [9.17, 15) is 4.79 Å². The molecule has 2 aliphatic heterocycles.